The fraction of sp³-hybridized carbons (Fsp3) is 0.588. The second-order valence-corrected chi connectivity index (χ2v) is 6.20. The van der Waals surface area contributed by atoms with Gasteiger partial charge in [0, 0.05) is 23.8 Å². The van der Waals surface area contributed by atoms with Crippen molar-refractivity contribution in [1.29, 1.82) is 0 Å². The van der Waals surface area contributed by atoms with Crippen LogP contribution in [0.15, 0.2) is 18.2 Å². The molecule has 1 amide bonds. The van der Waals surface area contributed by atoms with Crippen molar-refractivity contribution >= 4 is 11.6 Å². The zero-order valence-corrected chi connectivity index (χ0v) is 13.6. The molecular weight excluding hydrogens is 321 g/mol. The monoisotopic (exact) mass is 344 g/mol. The molecule has 7 heteroatoms. The highest BCUT2D eigenvalue weighted by atomic mass is 19.4. The molecule has 0 spiro atoms. The molecule has 134 valence electrons. The second-order valence-electron chi connectivity index (χ2n) is 6.20. The number of benzene rings is 1. The van der Waals surface area contributed by atoms with Crippen LogP contribution in [-0.2, 0) is 0 Å². The molecule has 24 heavy (non-hydrogen) atoms. The Morgan fingerprint density at radius 1 is 1.33 bits per heavy atom. The number of aliphatic hydroxyl groups is 1. The molecule has 2 atom stereocenters. The fourth-order valence-corrected chi connectivity index (χ4v) is 3.14. The molecule has 0 aromatic heterocycles. The smallest absolute Gasteiger partial charge is 0.391 e. The largest absolute Gasteiger partial charge is 0.395 e. The minimum Gasteiger partial charge on any atom is -0.395 e. The zero-order valence-electron chi connectivity index (χ0n) is 13.6. The lowest BCUT2D eigenvalue weighted by Gasteiger charge is -2.32. The van der Waals surface area contributed by atoms with E-state index in [9.17, 15) is 18.0 Å². The van der Waals surface area contributed by atoms with E-state index in [2.05, 4.69) is 10.6 Å². The third-order valence-corrected chi connectivity index (χ3v) is 4.47. The SMILES string of the molecule is Cc1c(N[C@H]2CCC[C@@H](C(F)(F)F)C2)cccc1C(=O)NCCO. The van der Waals surface area contributed by atoms with Crippen molar-refractivity contribution < 1.29 is 23.1 Å². The maximum atomic E-state index is 12.9. The van der Waals surface area contributed by atoms with Crippen molar-refractivity contribution in [3.63, 3.8) is 0 Å². The van der Waals surface area contributed by atoms with E-state index in [1.165, 1.54) is 0 Å². The number of carbonyl (C=O) groups excluding carboxylic acids is 1. The topological polar surface area (TPSA) is 61.4 Å². The first-order valence-electron chi connectivity index (χ1n) is 8.15. The summed E-state index contributed by atoms with van der Waals surface area (Å²) in [6, 6.07) is 4.88. The lowest BCUT2D eigenvalue weighted by atomic mass is 9.85. The van der Waals surface area contributed by atoms with Crippen LogP contribution in [-0.4, -0.2) is 36.4 Å². The lowest BCUT2D eigenvalue weighted by Crippen LogP contribution is -2.35. The fourth-order valence-electron chi connectivity index (χ4n) is 3.14. The molecule has 3 N–H and O–H groups in total. The van der Waals surface area contributed by atoms with Gasteiger partial charge in [-0.3, -0.25) is 4.79 Å². The Bertz CT molecular complexity index is 575. The van der Waals surface area contributed by atoms with Crippen LogP contribution in [0.5, 0.6) is 0 Å². The summed E-state index contributed by atoms with van der Waals surface area (Å²) in [4.78, 5) is 12.1. The summed E-state index contributed by atoms with van der Waals surface area (Å²) in [5.41, 5.74) is 1.83. The van der Waals surface area contributed by atoms with Crippen LogP contribution in [0.3, 0.4) is 0 Å². The molecule has 1 aliphatic rings. The van der Waals surface area contributed by atoms with Crippen LogP contribution in [0.2, 0.25) is 0 Å². The molecule has 1 saturated carbocycles. The number of amides is 1. The Morgan fingerprint density at radius 3 is 2.75 bits per heavy atom. The van der Waals surface area contributed by atoms with E-state index in [1.54, 1.807) is 25.1 Å². The number of hydrogen-bond donors (Lipinski definition) is 3. The van der Waals surface area contributed by atoms with Crippen molar-refractivity contribution in [2.24, 2.45) is 5.92 Å². The Balaban J connectivity index is 2.08. The molecule has 0 unspecified atom stereocenters. The zero-order chi connectivity index (χ0) is 17.7. The molecule has 0 aliphatic heterocycles. The van der Waals surface area contributed by atoms with Crippen LogP contribution >= 0.6 is 0 Å². The van der Waals surface area contributed by atoms with E-state index < -0.39 is 12.1 Å². The Hall–Kier alpha value is -1.76. The highest BCUT2D eigenvalue weighted by Crippen LogP contribution is 2.38. The van der Waals surface area contributed by atoms with Crippen LogP contribution < -0.4 is 10.6 Å². The predicted molar refractivity (Wildman–Crippen MR) is 86.0 cm³/mol. The first-order valence-corrected chi connectivity index (χ1v) is 8.15. The van der Waals surface area contributed by atoms with Gasteiger partial charge in [0.2, 0.25) is 0 Å². The van der Waals surface area contributed by atoms with Gasteiger partial charge in [-0.05, 0) is 43.9 Å². The van der Waals surface area contributed by atoms with Gasteiger partial charge < -0.3 is 15.7 Å². The highest BCUT2D eigenvalue weighted by molar-refractivity contribution is 5.97. The van der Waals surface area contributed by atoms with Crippen LogP contribution in [0, 0.1) is 12.8 Å². The van der Waals surface area contributed by atoms with Crippen LogP contribution in [0.1, 0.15) is 41.6 Å². The molecule has 1 fully saturated rings. The first kappa shape index (κ1) is 18.6. The molecule has 1 aliphatic carbocycles. The highest BCUT2D eigenvalue weighted by Gasteiger charge is 2.42. The molecule has 0 saturated heterocycles. The average Bonchev–Trinajstić information content (AvgIpc) is 2.54. The van der Waals surface area contributed by atoms with Crippen molar-refractivity contribution in [2.75, 3.05) is 18.5 Å². The number of carbonyl (C=O) groups is 1. The van der Waals surface area contributed by atoms with Gasteiger partial charge in [0.15, 0.2) is 0 Å². The summed E-state index contributed by atoms with van der Waals surface area (Å²) in [6.45, 7) is 1.77. The van der Waals surface area contributed by atoms with Crippen molar-refractivity contribution in [3.8, 4) is 0 Å². The number of rotatable bonds is 5. The molecule has 0 heterocycles. The van der Waals surface area contributed by atoms with Gasteiger partial charge in [-0.15, -0.1) is 0 Å². The third kappa shape index (κ3) is 4.63. The lowest BCUT2D eigenvalue weighted by molar-refractivity contribution is -0.182. The summed E-state index contributed by atoms with van der Waals surface area (Å²) in [5.74, 6) is -1.57. The minimum absolute atomic E-state index is 0.0594. The van der Waals surface area contributed by atoms with Crippen molar-refractivity contribution in [3.05, 3.63) is 29.3 Å². The maximum Gasteiger partial charge on any atom is 0.391 e. The standard InChI is InChI=1S/C17H23F3N2O2/c1-11-14(16(24)21-8-9-23)6-3-7-15(11)22-13-5-2-4-12(10-13)17(18,19)20/h3,6-7,12-13,22-23H,2,4-5,8-10H2,1H3,(H,21,24)/t12-,13+/m1/s1. The molecule has 0 bridgehead atoms. The third-order valence-electron chi connectivity index (χ3n) is 4.47. The van der Waals surface area contributed by atoms with Gasteiger partial charge in [-0.1, -0.05) is 12.5 Å². The summed E-state index contributed by atoms with van der Waals surface area (Å²) in [5, 5.41) is 14.5. The van der Waals surface area contributed by atoms with E-state index in [1.807, 2.05) is 0 Å². The number of hydrogen-bond acceptors (Lipinski definition) is 3. The van der Waals surface area contributed by atoms with Gasteiger partial charge in [0.25, 0.3) is 5.91 Å². The number of aliphatic hydroxyl groups excluding tert-OH is 1. The van der Waals surface area contributed by atoms with Crippen molar-refractivity contribution in [2.45, 2.75) is 44.8 Å². The minimum atomic E-state index is -4.15. The molecular formula is C17H23F3N2O2. The molecule has 2 rings (SSSR count). The Labute approximate surface area is 139 Å². The van der Waals surface area contributed by atoms with E-state index >= 15 is 0 Å². The summed E-state index contributed by atoms with van der Waals surface area (Å²) in [6.07, 6.45) is -2.68. The van der Waals surface area contributed by atoms with Gasteiger partial charge >= 0.3 is 6.18 Å². The quantitative estimate of drug-likeness (QED) is 0.768. The molecule has 1 aromatic rings. The molecule has 0 radical (unpaired) electrons. The van der Waals surface area contributed by atoms with E-state index in [-0.39, 0.29) is 37.9 Å². The number of nitrogens with one attached hydrogen (secondary N) is 2. The van der Waals surface area contributed by atoms with Crippen molar-refractivity contribution in [1.82, 2.24) is 5.32 Å². The first-order chi connectivity index (χ1) is 11.3. The van der Waals surface area contributed by atoms with E-state index in [0.717, 1.165) is 0 Å². The summed E-state index contributed by atoms with van der Waals surface area (Å²) < 4.78 is 38.8. The Kier molecular flexibility index (Phi) is 6.10. The van der Waals surface area contributed by atoms with E-state index in [0.29, 0.717) is 29.7 Å². The molecule has 1 aromatic carbocycles. The second kappa shape index (κ2) is 7.88. The number of alkyl halides is 3. The van der Waals surface area contributed by atoms with Crippen LogP contribution in [0.25, 0.3) is 0 Å². The normalized spacial score (nSPS) is 21.4. The number of halogens is 3. The Morgan fingerprint density at radius 2 is 2.08 bits per heavy atom. The summed E-state index contributed by atoms with van der Waals surface area (Å²) in [7, 11) is 0. The predicted octanol–water partition coefficient (Wildman–Crippen LogP) is 3.25. The van der Waals surface area contributed by atoms with Gasteiger partial charge in [-0.25, -0.2) is 0 Å². The summed E-state index contributed by atoms with van der Waals surface area (Å²) >= 11 is 0. The molecule has 4 nitrogen and oxygen atoms in total. The van der Waals surface area contributed by atoms with Gasteiger partial charge in [-0.2, -0.15) is 13.2 Å². The maximum absolute atomic E-state index is 12.9. The van der Waals surface area contributed by atoms with Gasteiger partial charge in [0.05, 0.1) is 12.5 Å². The van der Waals surface area contributed by atoms with Gasteiger partial charge in [0.1, 0.15) is 0 Å². The van der Waals surface area contributed by atoms with Crippen LogP contribution in [0.4, 0.5) is 18.9 Å². The average molecular weight is 344 g/mol. The number of anilines is 1. The van der Waals surface area contributed by atoms with E-state index in [4.69, 9.17) is 5.11 Å².